The minimum Gasteiger partial charge on any atom is -0.343 e. The van der Waals surface area contributed by atoms with Crippen LogP contribution in [0.15, 0.2) is 91.0 Å². The Kier molecular flexibility index (Phi) is 8.43. The molecule has 4 aromatic rings. The van der Waals surface area contributed by atoms with Gasteiger partial charge in [0.1, 0.15) is 12.1 Å². The molecule has 4 aromatic carbocycles. The van der Waals surface area contributed by atoms with E-state index in [1.54, 1.807) is 67.6 Å². The Morgan fingerprint density at radius 3 is 2.05 bits per heavy atom. The van der Waals surface area contributed by atoms with Crippen LogP contribution in [0, 0.1) is 0 Å². The van der Waals surface area contributed by atoms with E-state index in [9.17, 15) is 14.4 Å². The maximum atomic E-state index is 13.3. The maximum absolute atomic E-state index is 13.3. The number of carbonyl (C=O) groups is 3. The Morgan fingerprint density at radius 2 is 1.35 bits per heavy atom. The van der Waals surface area contributed by atoms with Crippen LogP contribution in [-0.4, -0.2) is 29.8 Å². The van der Waals surface area contributed by atoms with Gasteiger partial charge < -0.3 is 16.0 Å². The van der Waals surface area contributed by atoms with Crippen LogP contribution < -0.4 is 16.0 Å². The van der Waals surface area contributed by atoms with Crippen LogP contribution in [-0.2, 0) is 16.0 Å². The Labute approximate surface area is 225 Å². The zero-order valence-electron chi connectivity index (χ0n) is 20.0. The second-order valence-electron chi connectivity index (χ2n) is 8.61. The summed E-state index contributed by atoms with van der Waals surface area (Å²) in [6.45, 7) is 1.58. The second kappa shape index (κ2) is 11.9. The van der Waals surface area contributed by atoms with Gasteiger partial charge in [0.2, 0.25) is 11.8 Å². The van der Waals surface area contributed by atoms with Gasteiger partial charge in [0, 0.05) is 27.7 Å². The second-order valence-corrected chi connectivity index (χ2v) is 9.48. The van der Waals surface area contributed by atoms with Crippen LogP contribution in [0.1, 0.15) is 22.8 Å². The molecule has 0 aliphatic rings. The first kappa shape index (κ1) is 26.2. The summed E-state index contributed by atoms with van der Waals surface area (Å²) < 4.78 is 0. The lowest BCUT2D eigenvalue weighted by Gasteiger charge is -2.22. The molecule has 6 nitrogen and oxygen atoms in total. The third-order valence-electron chi connectivity index (χ3n) is 5.87. The van der Waals surface area contributed by atoms with Crippen LogP contribution >= 0.6 is 23.2 Å². The van der Waals surface area contributed by atoms with E-state index < -0.39 is 23.9 Å². The van der Waals surface area contributed by atoms with Gasteiger partial charge >= 0.3 is 0 Å². The van der Waals surface area contributed by atoms with Crippen molar-refractivity contribution in [3.63, 3.8) is 0 Å². The van der Waals surface area contributed by atoms with Gasteiger partial charge in [-0.25, -0.2) is 0 Å². The highest BCUT2D eigenvalue weighted by atomic mass is 35.5. The number of hydrogen-bond acceptors (Lipinski definition) is 3. The molecule has 0 aliphatic heterocycles. The van der Waals surface area contributed by atoms with E-state index in [1.807, 2.05) is 30.3 Å². The van der Waals surface area contributed by atoms with Crippen LogP contribution in [0.2, 0.25) is 10.0 Å². The number of anilines is 1. The Balaban J connectivity index is 1.51. The van der Waals surface area contributed by atoms with Gasteiger partial charge in [-0.1, -0.05) is 71.7 Å². The fourth-order valence-electron chi connectivity index (χ4n) is 3.89. The molecule has 0 heterocycles. The molecular formula is C29H25Cl2N3O3. The van der Waals surface area contributed by atoms with E-state index in [-0.39, 0.29) is 12.3 Å². The summed E-state index contributed by atoms with van der Waals surface area (Å²) in [5, 5.41) is 11.1. The average molecular weight is 534 g/mol. The molecule has 0 saturated heterocycles. The van der Waals surface area contributed by atoms with E-state index in [0.29, 0.717) is 21.3 Å². The van der Waals surface area contributed by atoms with Crippen LogP contribution in [0.4, 0.5) is 5.69 Å². The fourth-order valence-corrected chi connectivity index (χ4v) is 4.14. The minimum absolute atomic E-state index is 0.213. The highest BCUT2D eigenvalue weighted by Crippen LogP contribution is 2.19. The highest BCUT2D eigenvalue weighted by molar-refractivity contribution is 6.30. The standard InChI is InChI=1S/C29H25Cl2N3O3/c1-18(27(35)33-23-15-13-22(31)14-16-23)32-29(37)26(17-19-9-11-21(30)12-10-19)34-28(36)25-8-4-6-20-5-2-3-7-24(20)25/h2-16,18,26H,17H2,1H3,(H,32,37)(H,33,35)(H,34,36)/t18-,26-/m0/s1. The molecule has 2 atom stereocenters. The summed E-state index contributed by atoms with van der Waals surface area (Å²) in [4.78, 5) is 39.3. The summed E-state index contributed by atoms with van der Waals surface area (Å²) in [6, 6.07) is 24.9. The summed E-state index contributed by atoms with van der Waals surface area (Å²) in [5.41, 5.74) is 1.82. The van der Waals surface area contributed by atoms with Crippen molar-refractivity contribution in [2.75, 3.05) is 5.32 Å². The first-order valence-corrected chi connectivity index (χ1v) is 12.5. The molecule has 0 aromatic heterocycles. The largest absolute Gasteiger partial charge is 0.343 e. The monoisotopic (exact) mass is 533 g/mol. The van der Waals surface area contributed by atoms with E-state index in [0.717, 1.165) is 16.3 Å². The topological polar surface area (TPSA) is 87.3 Å². The lowest BCUT2D eigenvalue weighted by atomic mass is 10.0. The third kappa shape index (κ3) is 6.88. The van der Waals surface area contributed by atoms with E-state index >= 15 is 0 Å². The molecule has 0 aliphatic carbocycles. The van der Waals surface area contributed by atoms with Gasteiger partial charge in [-0.2, -0.15) is 0 Å². The normalized spacial score (nSPS) is 12.4. The molecule has 3 N–H and O–H groups in total. The number of halogens is 2. The molecule has 4 rings (SSSR count). The summed E-state index contributed by atoms with van der Waals surface area (Å²) >= 11 is 11.9. The van der Waals surface area contributed by atoms with Gasteiger partial charge in [-0.15, -0.1) is 0 Å². The van der Waals surface area contributed by atoms with Gasteiger partial charge in [0.25, 0.3) is 5.91 Å². The summed E-state index contributed by atoms with van der Waals surface area (Å²) in [6.07, 6.45) is 0.213. The van der Waals surface area contributed by atoms with Crippen LogP contribution in [0.25, 0.3) is 10.8 Å². The van der Waals surface area contributed by atoms with E-state index in [2.05, 4.69) is 16.0 Å². The van der Waals surface area contributed by atoms with Crippen molar-refractivity contribution in [1.82, 2.24) is 10.6 Å². The number of hydrogen-bond donors (Lipinski definition) is 3. The molecule has 188 valence electrons. The number of fused-ring (bicyclic) bond motifs is 1. The maximum Gasteiger partial charge on any atom is 0.252 e. The van der Waals surface area contributed by atoms with Gasteiger partial charge in [0.15, 0.2) is 0 Å². The third-order valence-corrected chi connectivity index (χ3v) is 6.38. The highest BCUT2D eigenvalue weighted by Gasteiger charge is 2.26. The van der Waals surface area contributed by atoms with E-state index in [4.69, 9.17) is 23.2 Å². The van der Waals surface area contributed by atoms with Crippen molar-refractivity contribution in [3.8, 4) is 0 Å². The Bertz CT molecular complexity index is 1420. The molecule has 37 heavy (non-hydrogen) atoms. The lowest BCUT2D eigenvalue weighted by Crippen LogP contribution is -2.52. The van der Waals surface area contributed by atoms with Crippen LogP contribution in [0.3, 0.4) is 0 Å². The van der Waals surface area contributed by atoms with E-state index in [1.165, 1.54) is 0 Å². The molecule has 0 saturated carbocycles. The fraction of sp³-hybridized carbons (Fsp3) is 0.138. The minimum atomic E-state index is -0.932. The van der Waals surface area contributed by atoms with Gasteiger partial charge in [-0.3, -0.25) is 14.4 Å². The molecule has 0 unspecified atom stereocenters. The molecule has 8 heteroatoms. The van der Waals surface area contributed by atoms with Crippen molar-refractivity contribution < 1.29 is 14.4 Å². The summed E-state index contributed by atoms with van der Waals surface area (Å²) in [7, 11) is 0. The van der Waals surface area contributed by atoms with Gasteiger partial charge in [-0.05, 0) is 65.7 Å². The predicted molar refractivity (Wildman–Crippen MR) is 148 cm³/mol. The summed E-state index contributed by atoms with van der Waals surface area (Å²) in [5.74, 6) is -1.27. The van der Waals surface area contributed by atoms with Gasteiger partial charge in [0.05, 0.1) is 0 Å². The number of amides is 3. The molecule has 0 radical (unpaired) electrons. The van der Waals surface area contributed by atoms with Crippen molar-refractivity contribution in [2.45, 2.75) is 25.4 Å². The van der Waals surface area contributed by atoms with Crippen molar-refractivity contribution in [1.29, 1.82) is 0 Å². The molecule has 0 fully saturated rings. The zero-order valence-corrected chi connectivity index (χ0v) is 21.5. The smallest absolute Gasteiger partial charge is 0.252 e. The molecular weight excluding hydrogens is 509 g/mol. The van der Waals surface area contributed by atoms with Crippen molar-refractivity contribution >= 4 is 57.4 Å². The van der Waals surface area contributed by atoms with Crippen molar-refractivity contribution in [3.05, 3.63) is 112 Å². The first-order chi connectivity index (χ1) is 17.8. The number of rotatable bonds is 8. The molecule has 0 spiro atoms. The predicted octanol–water partition coefficient (Wildman–Crippen LogP) is 5.63. The van der Waals surface area contributed by atoms with Crippen molar-refractivity contribution in [2.24, 2.45) is 0 Å². The Morgan fingerprint density at radius 1 is 0.730 bits per heavy atom. The molecule has 3 amide bonds. The number of nitrogens with one attached hydrogen (secondary N) is 3. The zero-order chi connectivity index (χ0) is 26.4. The SMILES string of the molecule is C[C@H](NC(=O)[C@H](Cc1ccc(Cl)cc1)NC(=O)c1cccc2ccccc12)C(=O)Nc1ccc(Cl)cc1. The number of carbonyl (C=O) groups excluding carboxylic acids is 3. The average Bonchev–Trinajstić information content (AvgIpc) is 2.90. The quantitative estimate of drug-likeness (QED) is 0.274. The van der Waals surface area contributed by atoms with Crippen LogP contribution in [0.5, 0.6) is 0 Å². The lowest BCUT2D eigenvalue weighted by molar-refractivity contribution is -0.127. The first-order valence-electron chi connectivity index (χ1n) is 11.7. The Hall–Kier alpha value is -3.87. The number of benzene rings is 4. The molecule has 0 bridgehead atoms.